The van der Waals surface area contributed by atoms with Gasteiger partial charge in [0.05, 0.1) is 0 Å². The maximum Gasteiger partial charge on any atom is 0.322 e. The lowest BCUT2D eigenvalue weighted by Crippen LogP contribution is -2.45. The van der Waals surface area contributed by atoms with Crippen LogP contribution in [0.2, 0.25) is 0 Å². The summed E-state index contributed by atoms with van der Waals surface area (Å²) in [6, 6.07) is 3.20. The zero-order chi connectivity index (χ0) is 15.0. The highest BCUT2D eigenvalue weighted by atomic mass is 19.1. The molecule has 6 heteroatoms. The van der Waals surface area contributed by atoms with Crippen LogP contribution < -0.4 is 5.32 Å². The van der Waals surface area contributed by atoms with Crippen molar-refractivity contribution in [1.29, 1.82) is 0 Å². The fraction of sp³-hybridized carbons (Fsp3) is 0.533. The van der Waals surface area contributed by atoms with E-state index in [2.05, 4.69) is 17.3 Å². The van der Waals surface area contributed by atoms with E-state index >= 15 is 0 Å². The Labute approximate surface area is 122 Å². The van der Waals surface area contributed by atoms with Gasteiger partial charge in [-0.25, -0.2) is 13.6 Å². The van der Waals surface area contributed by atoms with E-state index in [0.29, 0.717) is 0 Å². The summed E-state index contributed by atoms with van der Waals surface area (Å²) in [6.07, 6.45) is 2.93. The van der Waals surface area contributed by atoms with E-state index in [4.69, 9.17) is 0 Å². The number of urea groups is 1. The molecule has 3 rings (SSSR count). The summed E-state index contributed by atoms with van der Waals surface area (Å²) >= 11 is 0. The molecule has 1 N–H and O–H groups in total. The fourth-order valence-corrected chi connectivity index (χ4v) is 3.39. The normalized spacial score (nSPS) is 25.8. The molecule has 2 heterocycles. The van der Waals surface area contributed by atoms with Crippen LogP contribution >= 0.6 is 0 Å². The van der Waals surface area contributed by atoms with Crippen molar-refractivity contribution in [1.82, 2.24) is 9.80 Å². The predicted molar refractivity (Wildman–Crippen MR) is 76.1 cm³/mol. The Kier molecular flexibility index (Phi) is 3.80. The van der Waals surface area contributed by atoms with Crippen LogP contribution in [-0.2, 0) is 0 Å². The first-order valence-electron chi connectivity index (χ1n) is 7.27. The number of anilines is 1. The third-order valence-corrected chi connectivity index (χ3v) is 4.33. The quantitative estimate of drug-likeness (QED) is 0.864. The molecule has 2 atom stereocenters. The SMILES string of the molecule is CN1CCC2CC[C@H](C1)N2C(=O)Nc1cc(F)cc(F)c1. The Balaban J connectivity index is 1.75. The maximum atomic E-state index is 13.2. The van der Waals surface area contributed by atoms with E-state index in [1.807, 2.05) is 4.90 Å². The number of fused-ring (bicyclic) bond motifs is 2. The maximum absolute atomic E-state index is 13.2. The lowest BCUT2D eigenvalue weighted by atomic mass is 10.1. The number of halogens is 2. The summed E-state index contributed by atoms with van der Waals surface area (Å²) in [5, 5.41) is 2.63. The number of hydrogen-bond acceptors (Lipinski definition) is 2. The van der Waals surface area contributed by atoms with Crippen molar-refractivity contribution in [3.8, 4) is 0 Å². The van der Waals surface area contributed by atoms with Crippen molar-refractivity contribution in [2.45, 2.75) is 31.3 Å². The van der Waals surface area contributed by atoms with Gasteiger partial charge in [0, 0.05) is 30.4 Å². The van der Waals surface area contributed by atoms with E-state index in [9.17, 15) is 13.6 Å². The van der Waals surface area contributed by atoms with Crippen LogP contribution in [0.15, 0.2) is 18.2 Å². The molecule has 0 saturated carbocycles. The molecular weight excluding hydrogens is 276 g/mol. The summed E-state index contributed by atoms with van der Waals surface area (Å²) in [5.41, 5.74) is 0.162. The van der Waals surface area contributed by atoms with Crippen LogP contribution in [0, 0.1) is 11.6 Å². The Hall–Kier alpha value is -1.69. The first-order chi connectivity index (χ1) is 10.0. The van der Waals surface area contributed by atoms with Crippen molar-refractivity contribution in [3.63, 3.8) is 0 Å². The molecule has 21 heavy (non-hydrogen) atoms. The van der Waals surface area contributed by atoms with Gasteiger partial charge in [0.15, 0.2) is 0 Å². The number of carbonyl (C=O) groups excluding carboxylic acids is 1. The molecule has 2 amide bonds. The molecule has 0 spiro atoms. The number of carbonyl (C=O) groups is 1. The van der Waals surface area contributed by atoms with Gasteiger partial charge in [0.25, 0.3) is 0 Å². The van der Waals surface area contributed by atoms with Gasteiger partial charge in [-0.3, -0.25) is 0 Å². The second kappa shape index (κ2) is 5.60. The van der Waals surface area contributed by atoms with Gasteiger partial charge in [-0.2, -0.15) is 0 Å². The van der Waals surface area contributed by atoms with Crippen molar-refractivity contribution in [2.24, 2.45) is 0 Å². The minimum atomic E-state index is -0.691. The molecule has 2 aliphatic rings. The molecule has 2 bridgehead atoms. The molecule has 1 aromatic rings. The number of likely N-dealkylation sites (N-methyl/N-ethyl adjacent to an activating group) is 1. The van der Waals surface area contributed by atoms with E-state index in [1.165, 1.54) is 0 Å². The number of benzene rings is 1. The molecule has 114 valence electrons. The Morgan fingerprint density at radius 2 is 1.81 bits per heavy atom. The van der Waals surface area contributed by atoms with Crippen molar-refractivity contribution in [2.75, 3.05) is 25.5 Å². The van der Waals surface area contributed by atoms with Crippen LogP contribution in [0.5, 0.6) is 0 Å². The lowest BCUT2D eigenvalue weighted by Gasteiger charge is -2.28. The minimum absolute atomic E-state index is 0.162. The summed E-state index contributed by atoms with van der Waals surface area (Å²) < 4.78 is 26.4. The highest BCUT2D eigenvalue weighted by Gasteiger charge is 2.39. The number of nitrogens with one attached hydrogen (secondary N) is 1. The second-order valence-electron chi connectivity index (χ2n) is 5.93. The van der Waals surface area contributed by atoms with Gasteiger partial charge >= 0.3 is 6.03 Å². The van der Waals surface area contributed by atoms with Crippen molar-refractivity contribution in [3.05, 3.63) is 29.8 Å². The molecule has 1 unspecified atom stereocenters. The van der Waals surface area contributed by atoms with Crippen LogP contribution in [-0.4, -0.2) is 48.1 Å². The summed E-state index contributed by atoms with van der Waals surface area (Å²) in [6.45, 7) is 1.82. The molecular formula is C15H19F2N3O. The molecule has 4 nitrogen and oxygen atoms in total. The number of amides is 2. The Morgan fingerprint density at radius 3 is 2.52 bits per heavy atom. The Bertz CT molecular complexity index is 531. The number of likely N-dealkylation sites (tertiary alicyclic amines) is 1. The zero-order valence-electron chi connectivity index (χ0n) is 12.0. The van der Waals surface area contributed by atoms with Gasteiger partial charge in [-0.15, -0.1) is 0 Å². The van der Waals surface area contributed by atoms with E-state index in [0.717, 1.165) is 50.6 Å². The highest BCUT2D eigenvalue weighted by molar-refractivity contribution is 5.90. The van der Waals surface area contributed by atoms with Crippen LogP contribution in [0.25, 0.3) is 0 Å². The highest BCUT2D eigenvalue weighted by Crippen LogP contribution is 2.30. The topological polar surface area (TPSA) is 35.6 Å². The van der Waals surface area contributed by atoms with Crippen LogP contribution in [0.4, 0.5) is 19.3 Å². The molecule has 2 saturated heterocycles. The first-order valence-corrected chi connectivity index (χ1v) is 7.27. The third kappa shape index (κ3) is 3.00. The Morgan fingerprint density at radius 1 is 1.14 bits per heavy atom. The molecule has 2 fully saturated rings. The average molecular weight is 295 g/mol. The molecule has 1 aromatic carbocycles. The first kappa shape index (κ1) is 14.3. The largest absolute Gasteiger partial charge is 0.322 e. The predicted octanol–water partition coefficient (Wildman–Crippen LogP) is 2.67. The van der Waals surface area contributed by atoms with E-state index in [1.54, 1.807) is 0 Å². The molecule has 0 aliphatic carbocycles. The fourth-order valence-electron chi connectivity index (χ4n) is 3.39. The van der Waals surface area contributed by atoms with Gasteiger partial charge < -0.3 is 15.1 Å². The van der Waals surface area contributed by atoms with Crippen LogP contribution in [0.3, 0.4) is 0 Å². The molecule has 2 aliphatic heterocycles. The standard InChI is InChI=1S/C15H19F2N3O/c1-19-5-4-13-2-3-14(9-19)20(13)15(21)18-12-7-10(16)6-11(17)8-12/h6-8,13-14H,2-5,9H2,1H3,(H,18,21)/t13?,14-/m1/s1. The van der Waals surface area contributed by atoms with Crippen molar-refractivity contribution >= 4 is 11.7 Å². The van der Waals surface area contributed by atoms with E-state index in [-0.39, 0.29) is 23.8 Å². The summed E-state index contributed by atoms with van der Waals surface area (Å²) in [7, 11) is 2.05. The molecule has 0 radical (unpaired) electrons. The van der Waals surface area contributed by atoms with Gasteiger partial charge in [-0.05, 0) is 45.0 Å². The number of rotatable bonds is 1. The second-order valence-corrected chi connectivity index (χ2v) is 5.93. The zero-order valence-corrected chi connectivity index (χ0v) is 12.0. The summed E-state index contributed by atoms with van der Waals surface area (Å²) in [4.78, 5) is 16.5. The smallest absolute Gasteiger partial charge is 0.317 e. The van der Waals surface area contributed by atoms with E-state index < -0.39 is 11.6 Å². The van der Waals surface area contributed by atoms with Crippen LogP contribution in [0.1, 0.15) is 19.3 Å². The number of nitrogens with zero attached hydrogens (tertiary/aromatic N) is 2. The van der Waals surface area contributed by atoms with Crippen molar-refractivity contribution < 1.29 is 13.6 Å². The summed E-state index contributed by atoms with van der Waals surface area (Å²) in [5.74, 6) is -1.38. The molecule has 0 aromatic heterocycles. The third-order valence-electron chi connectivity index (χ3n) is 4.33. The van der Waals surface area contributed by atoms with Gasteiger partial charge in [0.2, 0.25) is 0 Å². The average Bonchev–Trinajstić information content (AvgIpc) is 2.68. The van der Waals surface area contributed by atoms with Gasteiger partial charge in [-0.1, -0.05) is 0 Å². The number of hydrogen-bond donors (Lipinski definition) is 1. The lowest BCUT2D eigenvalue weighted by molar-refractivity contribution is 0.186. The minimum Gasteiger partial charge on any atom is -0.317 e. The monoisotopic (exact) mass is 295 g/mol. The van der Waals surface area contributed by atoms with Gasteiger partial charge in [0.1, 0.15) is 11.6 Å².